The molecule has 0 bridgehead atoms. The Morgan fingerprint density at radius 2 is 1.65 bits per heavy atom. The van der Waals surface area contributed by atoms with Crippen molar-refractivity contribution in [3.05, 3.63) is 53.6 Å². The predicted molar refractivity (Wildman–Crippen MR) is 191 cm³/mol. The molecule has 1 aromatic carbocycles. The van der Waals surface area contributed by atoms with Crippen molar-refractivity contribution in [3.63, 3.8) is 0 Å². The Morgan fingerprint density at radius 1 is 0.981 bits per heavy atom. The van der Waals surface area contributed by atoms with Crippen LogP contribution in [0.2, 0.25) is 0 Å². The Balaban J connectivity index is 1.75. The minimum atomic E-state index is -1.36. The molecule has 286 valence electrons. The lowest BCUT2D eigenvalue weighted by molar-refractivity contribution is -0.304. The minimum Gasteiger partial charge on any atom is -0.494 e. The molecule has 11 nitrogen and oxygen atoms in total. The maximum Gasteiger partial charge on any atom is 0.303 e. The first kappa shape index (κ1) is 39.5. The van der Waals surface area contributed by atoms with E-state index in [-0.39, 0.29) is 13.2 Å². The number of allylic oxidation sites excluding steroid dienone is 1. The number of carbonyl (C=O) groups is 4. The average molecular weight is 725 g/mol. The van der Waals surface area contributed by atoms with Crippen molar-refractivity contribution in [1.82, 2.24) is 0 Å². The number of benzene rings is 1. The van der Waals surface area contributed by atoms with Crippen molar-refractivity contribution in [3.8, 4) is 5.75 Å². The van der Waals surface area contributed by atoms with E-state index >= 15 is 0 Å². The zero-order chi connectivity index (χ0) is 38.2. The van der Waals surface area contributed by atoms with Gasteiger partial charge in [-0.15, -0.1) is 0 Å². The third-order valence-electron chi connectivity index (χ3n) is 12.8. The molecule has 0 aromatic heterocycles. The van der Waals surface area contributed by atoms with E-state index in [9.17, 15) is 24.3 Å². The van der Waals surface area contributed by atoms with E-state index in [0.717, 1.165) is 11.3 Å². The fourth-order valence-corrected chi connectivity index (χ4v) is 10.9. The van der Waals surface area contributed by atoms with Gasteiger partial charge < -0.3 is 33.5 Å². The molecule has 1 aliphatic heterocycles. The molecule has 3 aliphatic carbocycles. The van der Waals surface area contributed by atoms with Gasteiger partial charge in [-0.3, -0.25) is 19.2 Å². The fourth-order valence-electron chi connectivity index (χ4n) is 10.9. The first-order chi connectivity index (χ1) is 24.5. The molecule has 52 heavy (non-hydrogen) atoms. The van der Waals surface area contributed by atoms with Gasteiger partial charge in [0.25, 0.3) is 0 Å². The second-order valence-corrected chi connectivity index (χ2v) is 15.7. The molecule has 5 unspecified atom stereocenters. The van der Waals surface area contributed by atoms with Gasteiger partial charge in [-0.05, 0) is 81.1 Å². The molecule has 0 saturated heterocycles. The highest BCUT2D eigenvalue weighted by molar-refractivity contribution is 5.68. The van der Waals surface area contributed by atoms with Crippen molar-refractivity contribution in [2.45, 2.75) is 118 Å². The largest absolute Gasteiger partial charge is 0.494 e. The summed E-state index contributed by atoms with van der Waals surface area (Å²) in [7, 11) is 0. The summed E-state index contributed by atoms with van der Waals surface area (Å²) >= 11 is 0. The van der Waals surface area contributed by atoms with E-state index in [0.29, 0.717) is 37.9 Å². The van der Waals surface area contributed by atoms with E-state index in [4.69, 9.17) is 28.4 Å². The number of para-hydroxylation sites is 1. The molecular weight excluding hydrogens is 668 g/mol. The Kier molecular flexibility index (Phi) is 11.4. The molecule has 11 heteroatoms. The first-order valence-corrected chi connectivity index (χ1v) is 18.5. The number of hydrogen-bond acceptors (Lipinski definition) is 11. The zero-order valence-corrected chi connectivity index (χ0v) is 32.1. The van der Waals surface area contributed by atoms with Crippen LogP contribution < -0.4 is 4.74 Å². The normalized spacial score (nSPS) is 37.1. The molecule has 0 radical (unpaired) electrons. The van der Waals surface area contributed by atoms with Crippen LogP contribution in [0.15, 0.2) is 48.1 Å². The van der Waals surface area contributed by atoms with Crippen LogP contribution in [0.3, 0.4) is 0 Å². The predicted octanol–water partition coefficient (Wildman–Crippen LogP) is 5.70. The van der Waals surface area contributed by atoms with Crippen LogP contribution in [-0.4, -0.2) is 78.8 Å². The molecule has 1 heterocycles. The highest BCUT2D eigenvalue weighted by Gasteiger charge is 2.76. The standard InChI is InChI=1S/C41H56O11/c1-10-48-31-15-12-11-14-30(31)17-20-41(46)24(2)22-34(50-27(5)43)39(9)33(41)18-19-38(8)32-16-13-21-47-23-40(32,25(3)49-26(4)42)37(52-29(7)45)35(36(38)39)51-28(6)44/h11-16,22,25,32-37,46H,10,17-21,23H2,1-9H3/t25?,32?,33?,34-,35?,36?,37+,38+,39-,40-,41+/m1/s1. The van der Waals surface area contributed by atoms with Crippen molar-refractivity contribution in [2.75, 3.05) is 19.8 Å². The Hall–Kier alpha value is -3.70. The molecule has 0 spiro atoms. The smallest absolute Gasteiger partial charge is 0.303 e. The van der Waals surface area contributed by atoms with Crippen LogP contribution >= 0.6 is 0 Å². The summed E-state index contributed by atoms with van der Waals surface area (Å²) < 4.78 is 36.8. The molecule has 1 aromatic rings. The molecule has 2 fully saturated rings. The number of fused-ring (bicyclic) bond motifs is 5. The number of aryl methyl sites for hydroxylation is 1. The van der Waals surface area contributed by atoms with Crippen molar-refractivity contribution in [1.29, 1.82) is 0 Å². The van der Waals surface area contributed by atoms with Gasteiger partial charge in [0.05, 0.1) is 30.8 Å². The molecule has 5 rings (SSSR count). The molecule has 1 N–H and O–H groups in total. The second kappa shape index (κ2) is 15.0. The van der Waals surface area contributed by atoms with E-state index in [1.807, 2.05) is 57.2 Å². The Labute approximate surface area is 307 Å². The topological polar surface area (TPSA) is 144 Å². The SMILES string of the molecule is CCOc1ccccc1CC[C@]1(O)C(C)=C[C@@H](OC(C)=O)[C@]2(C)C3C(OC(C)=O)[C@H](OC(C)=O)[C@@]4(C(C)OC(C)=O)COCC=CC4[C@]3(C)CCC21. The Bertz CT molecular complexity index is 1600. The van der Waals surface area contributed by atoms with Gasteiger partial charge in [0.15, 0.2) is 6.10 Å². The lowest BCUT2D eigenvalue weighted by Gasteiger charge is -2.71. The van der Waals surface area contributed by atoms with Crippen molar-refractivity contribution >= 4 is 23.9 Å². The average Bonchev–Trinajstić information content (AvgIpc) is 3.29. The van der Waals surface area contributed by atoms with Crippen LogP contribution in [0, 0.1) is 34.0 Å². The van der Waals surface area contributed by atoms with Gasteiger partial charge in [-0.1, -0.05) is 44.2 Å². The van der Waals surface area contributed by atoms with Crippen molar-refractivity contribution in [2.24, 2.45) is 34.0 Å². The number of esters is 4. The molecule has 0 amide bonds. The quantitative estimate of drug-likeness (QED) is 0.180. The number of rotatable bonds is 10. The van der Waals surface area contributed by atoms with Crippen molar-refractivity contribution < 1.29 is 52.7 Å². The van der Waals surface area contributed by atoms with Crippen LogP contribution in [0.25, 0.3) is 0 Å². The minimum absolute atomic E-state index is 0.0485. The van der Waals surface area contributed by atoms with E-state index in [2.05, 4.69) is 13.0 Å². The van der Waals surface area contributed by atoms with Crippen LogP contribution in [0.5, 0.6) is 5.75 Å². The molecular formula is C41H56O11. The van der Waals surface area contributed by atoms with Gasteiger partial charge >= 0.3 is 23.9 Å². The lowest BCUT2D eigenvalue weighted by Crippen LogP contribution is -2.76. The van der Waals surface area contributed by atoms with E-state index < -0.39 is 87.9 Å². The maximum absolute atomic E-state index is 13.2. The van der Waals surface area contributed by atoms with Crippen LogP contribution in [0.4, 0.5) is 0 Å². The molecule has 4 aliphatic rings. The number of hydrogen-bond donors (Lipinski definition) is 1. The third-order valence-corrected chi connectivity index (χ3v) is 12.8. The number of carbonyl (C=O) groups excluding carboxylic acids is 4. The summed E-state index contributed by atoms with van der Waals surface area (Å²) in [4.78, 5) is 51.7. The molecule has 2 saturated carbocycles. The monoisotopic (exact) mass is 724 g/mol. The summed E-state index contributed by atoms with van der Waals surface area (Å²) in [6.07, 6.45) is 3.91. The fraction of sp³-hybridized carbons (Fsp3) is 0.659. The number of ether oxygens (including phenoxy) is 6. The summed E-state index contributed by atoms with van der Waals surface area (Å²) in [6, 6.07) is 7.80. The molecule has 11 atom stereocenters. The third kappa shape index (κ3) is 6.68. The lowest BCUT2D eigenvalue weighted by atomic mass is 9.35. The van der Waals surface area contributed by atoms with Gasteiger partial charge in [0.1, 0.15) is 24.1 Å². The van der Waals surface area contributed by atoms with Gasteiger partial charge in [-0.25, -0.2) is 0 Å². The zero-order valence-electron chi connectivity index (χ0n) is 32.1. The number of aliphatic hydroxyl groups is 1. The van der Waals surface area contributed by atoms with Gasteiger partial charge in [-0.2, -0.15) is 0 Å². The van der Waals surface area contributed by atoms with Crippen LogP contribution in [0.1, 0.15) is 87.1 Å². The summed E-state index contributed by atoms with van der Waals surface area (Å²) in [5.74, 6) is -2.98. The van der Waals surface area contributed by atoms with E-state index in [1.54, 1.807) is 6.92 Å². The summed E-state index contributed by atoms with van der Waals surface area (Å²) in [6.45, 7) is 15.8. The highest BCUT2D eigenvalue weighted by Crippen LogP contribution is 2.72. The first-order valence-electron chi connectivity index (χ1n) is 18.5. The highest BCUT2D eigenvalue weighted by atomic mass is 16.6. The maximum atomic E-state index is 13.2. The van der Waals surface area contributed by atoms with Gasteiger partial charge in [0, 0.05) is 44.9 Å². The summed E-state index contributed by atoms with van der Waals surface area (Å²) in [5.41, 5.74) is -2.66. The summed E-state index contributed by atoms with van der Waals surface area (Å²) in [5, 5.41) is 13.1. The van der Waals surface area contributed by atoms with Gasteiger partial charge in [0.2, 0.25) is 0 Å². The second-order valence-electron chi connectivity index (χ2n) is 15.7. The van der Waals surface area contributed by atoms with E-state index in [1.165, 1.54) is 27.7 Å². The Morgan fingerprint density at radius 3 is 2.29 bits per heavy atom. The van der Waals surface area contributed by atoms with Crippen LogP contribution in [-0.2, 0) is 49.3 Å².